The monoisotopic (exact) mass is 960 g/mol. The lowest BCUT2D eigenvalue weighted by atomic mass is 10.1. The van der Waals surface area contributed by atoms with Crippen molar-refractivity contribution < 1.29 is 95.3 Å². The highest BCUT2D eigenvalue weighted by Crippen LogP contribution is 2.14. The predicted octanol–water partition coefficient (Wildman–Crippen LogP) is 5.07. The molecule has 360 valence electrons. The summed E-state index contributed by atoms with van der Waals surface area (Å²) >= 11 is 0. The fraction of sp³-hybridized carbons (Fsp3) is 0.200. The van der Waals surface area contributed by atoms with Gasteiger partial charge < -0.3 is 47.4 Å². The molecule has 6 aliphatic heterocycles. The molecule has 0 amide bonds. The highest BCUT2D eigenvalue weighted by atomic mass is 16.6. The number of fused-ring (bicyclic) bond motifs is 5. The molecule has 10 bridgehead atoms. The average molecular weight is 961 g/mol. The van der Waals surface area contributed by atoms with Gasteiger partial charge in [-0.1, -0.05) is 0 Å². The summed E-state index contributed by atoms with van der Waals surface area (Å²) in [5.41, 5.74) is 0.909. The first-order valence-corrected chi connectivity index (χ1v) is 21.1. The zero-order chi connectivity index (χ0) is 49.8. The first kappa shape index (κ1) is 50.2. The zero-order valence-electron chi connectivity index (χ0n) is 36.8. The standard InChI is InChI=1S/C50H40O20/c51-41-31-1-2-32(4-3-31)42(52)62-23-24-64-44(54)34-9-11-36(12-10-34)46(56)66-27-28-68-48(58)38-17-19-40(20-18-38)50(60)70-30-29-69-49(59)39-15-13-37(14-16-39)47(57)67-26-25-65-45(55)35-7-5-33(6-8-35)43(53)63-22-21-61-41/h1-20H,21-30H2. The average Bonchev–Trinajstić information content (AvgIpc) is 3.39. The van der Waals surface area contributed by atoms with Crippen LogP contribution in [0.2, 0.25) is 0 Å². The summed E-state index contributed by atoms with van der Waals surface area (Å²) in [7, 11) is 0. The molecule has 6 aliphatic rings. The van der Waals surface area contributed by atoms with Gasteiger partial charge in [0.2, 0.25) is 0 Å². The van der Waals surface area contributed by atoms with Crippen LogP contribution in [0.4, 0.5) is 0 Å². The Morgan fingerprint density at radius 1 is 0.157 bits per heavy atom. The van der Waals surface area contributed by atoms with E-state index in [2.05, 4.69) is 0 Å². The highest BCUT2D eigenvalue weighted by Gasteiger charge is 2.18. The van der Waals surface area contributed by atoms with Gasteiger partial charge in [0, 0.05) is 0 Å². The molecule has 5 aromatic carbocycles. The largest absolute Gasteiger partial charge is 0.458 e. The van der Waals surface area contributed by atoms with Crippen molar-refractivity contribution in [3.63, 3.8) is 0 Å². The van der Waals surface area contributed by atoms with Gasteiger partial charge in [-0.3, -0.25) is 0 Å². The number of benzene rings is 5. The smallest absolute Gasteiger partial charge is 0.338 e. The molecule has 0 saturated carbocycles. The maximum atomic E-state index is 12.5. The lowest BCUT2D eigenvalue weighted by molar-refractivity contribution is 0.0260. The predicted molar refractivity (Wildman–Crippen MR) is 235 cm³/mol. The maximum Gasteiger partial charge on any atom is 0.338 e. The van der Waals surface area contributed by atoms with Crippen molar-refractivity contribution >= 4 is 59.7 Å². The van der Waals surface area contributed by atoms with E-state index in [4.69, 9.17) is 47.4 Å². The van der Waals surface area contributed by atoms with Crippen molar-refractivity contribution in [2.45, 2.75) is 0 Å². The number of hydrogen-bond donors (Lipinski definition) is 0. The molecule has 70 heavy (non-hydrogen) atoms. The quantitative estimate of drug-likeness (QED) is 0.145. The Kier molecular flexibility index (Phi) is 18.0. The molecule has 0 saturated heterocycles. The molecule has 0 N–H and O–H groups in total. The second-order valence-electron chi connectivity index (χ2n) is 14.2. The molecular formula is C50H40O20. The molecule has 0 atom stereocenters. The van der Waals surface area contributed by atoms with Gasteiger partial charge in [-0.05, 0) is 121 Å². The summed E-state index contributed by atoms with van der Waals surface area (Å²) in [6.07, 6.45) is 0. The first-order valence-electron chi connectivity index (χ1n) is 21.1. The van der Waals surface area contributed by atoms with E-state index in [-0.39, 0.29) is 122 Å². The third-order valence-electron chi connectivity index (χ3n) is 9.53. The lowest BCUT2D eigenvalue weighted by Gasteiger charge is -2.09. The molecule has 5 aromatic rings. The highest BCUT2D eigenvalue weighted by molar-refractivity contribution is 5.97. The Bertz CT molecular complexity index is 2080. The third-order valence-corrected chi connectivity index (χ3v) is 9.53. The van der Waals surface area contributed by atoms with Gasteiger partial charge in [0.05, 0.1) is 55.6 Å². The van der Waals surface area contributed by atoms with E-state index in [1.807, 2.05) is 0 Å². The van der Waals surface area contributed by atoms with Crippen LogP contribution in [0.1, 0.15) is 104 Å². The molecule has 0 radical (unpaired) electrons. The van der Waals surface area contributed by atoms with Gasteiger partial charge in [0.1, 0.15) is 66.1 Å². The van der Waals surface area contributed by atoms with Gasteiger partial charge in [-0.25, -0.2) is 47.9 Å². The Hall–Kier alpha value is -9.20. The van der Waals surface area contributed by atoms with Gasteiger partial charge in [-0.15, -0.1) is 0 Å². The van der Waals surface area contributed by atoms with Crippen LogP contribution in [-0.4, -0.2) is 126 Å². The van der Waals surface area contributed by atoms with Crippen molar-refractivity contribution in [3.05, 3.63) is 177 Å². The number of carbonyl (C=O) groups is 10. The summed E-state index contributed by atoms with van der Waals surface area (Å²) < 4.78 is 51.4. The molecule has 0 aromatic heterocycles. The second kappa shape index (κ2) is 25.1. The Morgan fingerprint density at radius 2 is 0.229 bits per heavy atom. The maximum absolute atomic E-state index is 12.5. The van der Waals surface area contributed by atoms with Crippen LogP contribution < -0.4 is 0 Å². The van der Waals surface area contributed by atoms with E-state index >= 15 is 0 Å². The summed E-state index contributed by atoms with van der Waals surface area (Å²) in [4.78, 5) is 125. The van der Waals surface area contributed by atoms with Crippen LogP contribution in [0.3, 0.4) is 0 Å². The number of ether oxygens (including phenoxy) is 10. The van der Waals surface area contributed by atoms with Crippen molar-refractivity contribution in [2.24, 2.45) is 0 Å². The molecular weight excluding hydrogens is 921 g/mol. The van der Waals surface area contributed by atoms with E-state index in [0.29, 0.717) is 0 Å². The minimum Gasteiger partial charge on any atom is -0.458 e. The minimum atomic E-state index is -0.762. The number of hydrogen-bond acceptors (Lipinski definition) is 20. The molecule has 11 rings (SSSR count). The summed E-state index contributed by atoms with van der Waals surface area (Å²) in [5, 5.41) is 0. The first-order chi connectivity index (χ1) is 33.9. The van der Waals surface area contributed by atoms with E-state index in [9.17, 15) is 47.9 Å². The van der Waals surface area contributed by atoms with Crippen LogP contribution in [0, 0.1) is 0 Å². The van der Waals surface area contributed by atoms with Crippen molar-refractivity contribution in [3.8, 4) is 0 Å². The van der Waals surface area contributed by atoms with Gasteiger partial charge in [0.25, 0.3) is 0 Å². The fourth-order valence-corrected chi connectivity index (χ4v) is 5.89. The summed E-state index contributed by atoms with van der Waals surface area (Å²) in [5.74, 6) is -7.62. The molecule has 0 spiro atoms. The van der Waals surface area contributed by atoms with Crippen LogP contribution >= 0.6 is 0 Å². The fourth-order valence-electron chi connectivity index (χ4n) is 5.89. The van der Waals surface area contributed by atoms with Crippen LogP contribution in [0.5, 0.6) is 0 Å². The van der Waals surface area contributed by atoms with E-state index in [1.165, 1.54) is 121 Å². The van der Waals surface area contributed by atoms with Crippen molar-refractivity contribution in [2.75, 3.05) is 66.1 Å². The van der Waals surface area contributed by atoms with E-state index < -0.39 is 59.7 Å². The van der Waals surface area contributed by atoms with Gasteiger partial charge in [-0.2, -0.15) is 0 Å². The van der Waals surface area contributed by atoms with Crippen LogP contribution in [-0.2, 0) is 47.4 Å². The van der Waals surface area contributed by atoms with Gasteiger partial charge >= 0.3 is 59.7 Å². The normalized spacial score (nSPS) is 16.0. The van der Waals surface area contributed by atoms with Crippen LogP contribution in [0.25, 0.3) is 0 Å². The van der Waals surface area contributed by atoms with E-state index in [0.717, 1.165) is 0 Å². The molecule has 20 heteroatoms. The molecule has 20 nitrogen and oxygen atoms in total. The summed E-state index contributed by atoms with van der Waals surface area (Å²) in [6.45, 7) is -2.96. The SMILES string of the molecule is O=C1OCCOC(=O)c2ccc(cc2)C(=O)OCCOC(=O)c2ccc(cc2)C(=O)OCCOC(=O)c2ccc(cc2)C(=O)OCCOC(=O)c2ccc(cc2)C(=O)OCCOC(=O)c2ccc1cc2. The molecule has 6 heterocycles. The number of rotatable bonds is 0. The molecule has 0 aliphatic carbocycles. The molecule has 0 unspecified atom stereocenters. The summed E-state index contributed by atoms with van der Waals surface area (Å²) in [6, 6.07) is 26.5. The number of esters is 10. The van der Waals surface area contributed by atoms with Crippen molar-refractivity contribution in [1.82, 2.24) is 0 Å². The minimum absolute atomic E-state index is 0.0909. The molecule has 0 fully saturated rings. The Labute approximate surface area is 397 Å². The van der Waals surface area contributed by atoms with Gasteiger partial charge in [0.15, 0.2) is 0 Å². The topological polar surface area (TPSA) is 263 Å². The lowest BCUT2D eigenvalue weighted by Crippen LogP contribution is -2.16. The van der Waals surface area contributed by atoms with E-state index in [1.54, 1.807) is 0 Å². The van der Waals surface area contributed by atoms with Crippen molar-refractivity contribution in [1.29, 1.82) is 0 Å². The Balaban J connectivity index is 1.01. The zero-order valence-corrected chi connectivity index (χ0v) is 36.8. The third kappa shape index (κ3) is 14.6. The second-order valence-corrected chi connectivity index (χ2v) is 14.2. The number of carbonyl (C=O) groups excluding carboxylic acids is 10. The van der Waals surface area contributed by atoms with Crippen LogP contribution in [0.15, 0.2) is 121 Å². The Morgan fingerprint density at radius 3 is 0.300 bits per heavy atom.